The van der Waals surface area contributed by atoms with Crippen LogP contribution in [0.15, 0.2) is 60.7 Å². The van der Waals surface area contributed by atoms with Gasteiger partial charge in [0.15, 0.2) is 0 Å². The fraction of sp³-hybridized carbons (Fsp3) is 0.400. The first-order valence-electron chi connectivity index (χ1n) is 8.55. The second-order valence-electron chi connectivity index (χ2n) is 7.12. The molecule has 0 bridgehead atoms. The molecule has 2 aromatic rings. The van der Waals surface area contributed by atoms with Gasteiger partial charge in [0, 0.05) is 0 Å². The molecule has 2 aromatic carbocycles. The summed E-state index contributed by atoms with van der Waals surface area (Å²) in [7, 11) is -4.65. The molecule has 0 heterocycles. The summed E-state index contributed by atoms with van der Waals surface area (Å²) >= 11 is 0. The molecule has 0 spiro atoms. The van der Waals surface area contributed by atoms with Gasteiger partial charge in [0.2, 0.25) is 0 Å². The second-order valence-corrected chi connectivity index (χ2v) is 10.7. The van der Waals surface area contributed by atoms with Gasteiger partial charge in [-0.3, -0.25) is 0 Å². The molecule has 0 fully saturated rings. The summed E-state index contributed by atoms with van der Waals surface area (Å²) in [6, 6.07) is 18.8. The molecular weight excluding hydrogens is 317 g/mol. The van der Waals surface area contributed by atoms with Crippen LogP contribution in [-0.4, -0.2) is 16.8 Å². The van der Waals surface area contributed by atoms with Crippen LogP contribution >= 0.6 is 7.21 Å². The molecule has 0 radical (unpaired) electrons. The van der Waals surface area contributed by atoms with Crippen LogP contribution in [0.2, 0.25) is 0 Å². The Morgan fingerprint density at radius 2 is 1.04 bits per heavy atom. The van der Waals surface area contributed by atoms with Gasteiger partial charge in [-0.1, -0.05) is 0 Å². The molecule has 0 N–H and O–H groups in total. The van der Waals surface area contributed by atoms with Crippen molar-refractivity contribution in [1.82, 2.24) is 4.67 Å². The minimum atomic E-state index is -4.65. The first-order chi connectivity index (χ1) is 11.2. The molecule has 0 saturated heterocycles. The Labute approximate surface area is 146 Å². The number of hydrogen-bond donors (Lipinski definition) is 0. The molecular formula is C20H28NO2P-2. The standard InChI is InChI=1S/C20H28NO2P/c1-17(2)21(18(3)4)24(22,23,15-19-11-7-5-8-12-19)16-20-13-9-6-10-14-20/h5-14,17-18H,15-16H2,1-4H3/q-2. The van der Waals surface area contributed by atoms with E-state index in [1.165, 1.54) is 0 Å². The van der Waals surface area contributed by atoms with Crippen LogP contribution in [0.1, 0.15) is 38.8 Å². The van der Waals surface area contributed by atoms with E-state index in [2.05, 4.69) is 0 Å². The van der Waals surface area contributed by atoms with Crippen molar-refractivity contribution in [3.05, 3.63) is 71.8 Å². The van der Waals surface area contributed by atoms with Gasteiger partial charge >= 0.3 is 146 Å². The molecule has 0 aliphatic rings. The summed E-state index contributed by atoms with van der Waals surface area (Å²) in [5.41, 5.74) is 1.67. The van der Waals surface area contributed by atoms with Gasteiger partial charge in [-0.05, 0) is 0 Å². The number of hydrogen-bond acceptors (Lipinski definition) is 3. The zero-order valence-electron chi connectivity index (χ0n) is 15.1. The summed E-state index contributed by atoms with van der Waals surface area (Å²) in [5.74, 6) is 0. The van der Waals surface area contributed by atoms with Crippen molar-refractivity contribution in [1.29, 1.82) is 0 Å². The van der Waals surface area contributed by atoms with Crippen molar-refractivity contribution in [3.8, 4) is 0 Å². The van der Waals surface area contributed by atoms with Crippen molar-refractivity contribution in [2.75, 3.05) is 0 Å². The van der Waals surface area contributed by atoms with Gasteiger partial charge in [0.05, 0.1) is 0 Å². The van der Waals surface area contributed by atoms with Crippen LogP contribution in [0.3, 0.4) is 0 Å². The number of benzene rings is 2. The molecule has 24 heavy (non-hydrogen) atoms. The molecule has 0 aliphatic heterocycles. The number of nitrogens with zero attached hydrogens (tertiary/aromatic N) is 1. The number of rotatable bonds is 7. The Balaban J connectivity index is 2.50. The van der Waals surface area contributed by atoms with Gasteiger partial charge in [-0.25, -0.2) is 0 Å². The maximum atomic E-state index is 14.1. The minimum absolute atomic E-state index is 0.0533. The zero-order valence-corrected chi connectivity index (χ0v) is 15.9. The SMILES string of the molecule is CC(C)N(C(C)C)P([O-])([O-])(Cc1ccccc1)Cc1ccccc1. The third-order valence-corrected chi connectivity index (χ3v) is 8.18. The monoisotopic (exact) mass is 345 g/mol. The van der Waals surface area contributed by atoms with E-state index in [4.69, 9.17) is 0 Å². The Hall–Kier alpha value is -1.25. The second kappa shape index (κ2) is 7.33. The molecule has 0 aliphatic carbocycles. The summed E-state index contributed by atoms with van der Waals surface area (Å²) in [6.07, 6.45) is 0.107. The topological polar surface area (TPSA) is 49.4 Å². The van der Waals surface area contributed by atoms with E-state index in [0.29, 0.717) is 0 Å². The fourth-order valence-electron chi connectivity index (χ4n) is 3.73. The third kappa shape index (κ3) is 4.43. The summed E-state index contributed by atoms with van der Waals surface area (Å²) < 4.78 is 1.71. The van der Waals surface area contributed by atoms with E-state index in [1.807, 2.05) is 88.4 Å². The Kier molecular flexibility index (Phi) is 5.83. The van der Waals surface area contributed by atoms with E-state index >= 15 is 0 Å². The van der Waals surface area contributed by atoms with Crippen molar-refractivity contribution in [2.45, 2.75) is 52.1 Å². The molecule has 0 unspecified atom stereocenters. The van der Waals surface area contributed by atoms with Gasteiger partial charge in [0.25, 0.3) is 0 Å². The Morgan fingerprint density at radius 3 is 1.33 bits per heavy atom. The molecule has 0 saturated carbocycles. The zero-order chi connectivity index (χ0) is 17.8. The molecule has 2 rings (SSSR count). The third-order valence-electron chi connectivity index (χ3n) is 4.25. The van der Waals surface area contributed by atoms with Crippen molar-refractivity contribution in [3.63, 3.8) is 0 Å². The summed E-state index contributed by atoms with van der Waals surface area (Å²) in [5, 5.41) is 0. The molecule has 0 aromatic heterocycles. The van der Waals surface area contributed by atoms with Crippen LogP contribution in [0, 0.1) is 0 Å². The van der Waals surface area contributed by atoms with Crippen LogP contribution in [-0.2, 0) is 12.3 Å². The Bertz CT molecular complexity index is 588. The normalized spacial score (nSPS) is 14.1. The van der Waals surface area contributed by atoms with E-state index in [1.54, 1.807) is 4.67 Å². The van der Waals surface area contributed by atoms with Gasteiger partial charge < -0.3 is 0 Å². The van der Waals surface area contributed by atoms with Crippen LogP contribution < -0.4 is 9.79 Å². The summed E-state index contributed by atoms with van der Waals surface area (Å²) in [6.45, 7) is 7.81. The molecule has 4 heteroatoms. The van der Waals surface area contributed by atoms with E-state index in [-0.39, 0.29) is 24.4 Å². The van der Waals surface area contributed by atoms with Crippen LogP contribution in [0.4, 0.5) is 0 Å². The first-order valence-corrected chi connectivity index (χ1v) is 10.9. The average Bonchev–Trinajstić information content (AvgIpc) is 2.47. The van der Waals surface area contributed by atoms with Crippen molar-refractivity contribution < 1.29 is 9.79 Å². The summed E-state index contributed by atoms with van der Waals surface area (Å²) in [4.78, 5) is 28.2. The van der Waals surface area contributed by atoms with Crippen molar-refractivity contribution in [2.24, 2.45) is 0 Å². The molecule has 0 atom stereocenters. The Morgan fingerprint density at radius 1 is 0.708 bits per heavy atom. The predicted octanol–water partition coefficient (Wildman–Crippen LogP) is 3.52. The maximum absolute atomic E-state index is 14.1. The quantitative estimate of drug-likeness (QED) is 0.722. The van der Waals surface area contributed by atoms with Gasteiger partial charge in [0.1, 0.15) is 0 Å². The predicted molar refractivity (Wildman–Crippen MR) is 99.3 cm³/mol. The first kappa shape index (κ1) is 19.1. The van der Waals surface area contributed by atoms with Crippen molar-refractivity contribution >= 4 is 7.21 Å². The average molecular weight is 345 g/mol. The molecule has 3 nitrogen and oxygen atoms in total. The van der Waals surface area contributed by atoms with E-state index in [0.717, 1.165) is 11.1 Å². The molecule has 0 amide bonds. The van der Waals surface area contributed by atoms with E-state index in [9.17, 15) is 9.79 Å². The molecule has 132 valence electrons. The fourth-order valence-corrected chi connectivity index (χ4v) is 8.09. The van der Waals surface area contributed by atoms with Crippen LogP contribution in [0.5, 0.6) is 0 Å². The van der Waals surface area contributed by atoms with Gasteiger partial charge in [-0.2, -0.15) is 0 Å². The van der Waals surface area contributed by atoms with Gasteiger partial charge in [-0.15, -0.1) is 0 Å². The van der Waals surface area contributed by atoms with Crippen LogP contribution in [0.25, 0.3) is 0 Å². The van der Waals surface area contributed by atoms with E-state index < -0.39 is 7.21 Å².